The van der Waals surface area contributed by atoms with Gasteiger partial charge in [0.2, 0.25) is 0 Å². The maximum absolute atomic E-state index is 5.86. The molecule has 1 atom stereocenters. The Bertz CT molecular complexity index is 323. The lowest BCUT2D eigenvalue weighted by molar-refractivity contribution is 0.539. The number of pyridine rings is 1. The van der Waals surface area contributed by atoms with E-state index in [1.165, 1.54) is 0 Å². The molecule has 1 aromatic heterocycles. The van der Waals surface area contributed by atoms with Gasteiger partial charge in [-0.3, -0.25) is 0 Å². The average Bonchev–Trinajstić information content (AvgIpc) is 2.10. The topological polar surface area (TPSA) is 24.9 Å². The van der Waals surface area contributed by atoms with Gasteiger partial charge in [0.15, 0.2) is 0 Å². The minimum Gasteiger partial charge on any atom is -0.381 e. The Hall–Kier alpha value is -0.760. The highest BCUT2D eigenvalue weighted by atomic mass is 35.5. The van der Waals surface area contributed by atoms with Crippen LogP contribution in [0.5, 0.6) is 0 Å². The Labute approximate surface area is 97.1 Å². The highest BCUT2D eigenvalue weighted by molar-refractivity contribution is 6.30. The van der Waals surface area contributed by atoms with Crippen LogP contribution in [0.1, 0.15) is 32.8 Å². The first-order valence-corrected chi connectivity index (χ1v) is 5.75. The summed E-state index contributed by atoms with van der Waals surface area (Å²) in [6.45, 7) is 8.60. The standard InChI is InChI=1S/C12H19ClN2/c1-8(2)5-10(4)15-11-6-9(3)12(13)14-7-11/h6-8,10,15H,5H2,1-4H3. The zero-order valence-corrected chi connectivity index (χ0v) is 10.6. The van der Waals surface area contributed by atoms with E-state index in [9.17, 15) is 0 Å². The summed E-state index contributed by atoms with van der Waals surface area (Å²) in [5, 5.41) is 4.00. The smallest absolute Gasteiger partial charge is 0.132 e. The van der Waals surface area contributed by atoms with E-state index in [2.05, 4.69) is 31.1 Å². The zero-order chi connectivity index (χ0) is 11.4. The number of nitrogens with one attached hydrogen (secondary N) is 1. The molecule has 1 rings (SSSR count). The summed E-state index contributed by atoms with van der Waals surface area (Å²) in [6.07, 6.45) is 2.94. The Balaban J connectivity index is 2.60. The molecule has 1 aromatic rings. The molecule has 0 aliphatic heterocycles. The van der Waals surface area contributed by atoms with Gasteiger partial charge in [0.05, 0.1) is 11.9 Å². The highest BCUT2D eigenvalue weighted by Crippen LogP contribution is 2.18. The molecule has 1 unspecified atom stereocenters. The second-order valence-electron chi connectivity index (χ2n) is 4.51. The van der Waals surface area contributed by atoms with Crippen LogP contribution in [0.15, 0.2) is 12.3 Å². The fraction of sp³-hybridized carbons (Fsp3) is 0.583. The molecule has 0 aromatic carbocycles. The van der Waals surface area contributed by atoms with Crippen molar-refractivity contribution in [3.05, 3.63) is 23.0 Å². The van der Waals surface area contributed by atoms with Crippen LogP contribution in [0.3, 0.4) is 0 Å². The molecule has 0 radical (unpaired) electrons. The highest BCUT2D eigenvalue weighted by Gasteiger charge is 2.05. The van der Waals surface area contributed by atoms with Crippen molar-refractivity contribution in [2.45, 2.75) is 40.2 Å². The van der Waals surface area contributed by atoms with E-state index in [4.69, 9.17) is 11.6 Å². The minimum absolute atomic E-state index is 0.465. The first kappa shape index (κ1) is 12.3. The molecule has 0 bridgehead atoms. The Morgan fingerprint density at radius 1 is 1.40 bits per heavy atom. The van der Waals surface area contributed by atoms with Gasteiger partial charge in [0.1, 0.15) is 5.15 Å². The summed E-state index contributed by atoms with van der Waals surface area (Å²) < 4.78 is 0. The fourth-order valence-electron chi connectivity index (χ4n) is 1.69. The summed E-state index contributed by atoms with van der Waals surface area (Å²) in [5.41, 5.74) is 2.06. The van der Waals surface area contributed by atoms with Crippen LogP contribution >= 0.6 is 11.6 Å². The van der Waals surface area contributed by atoms with Gasteiger partial charge in [-0.1, -0.05) is 25.4 Å². The average molecular weight is 227 g/mol. The molecule has 0 aliphatic rings. The van der Waals surface area contributed by atoms with Crippen LogP contribution in [0.2, 0.25) is 5.15 Å². The lowest BCUT2D eigenvalue weighted by Gasteiger charge is -2.17. The van der Waals surface area contributed by atoms with Crippen molar-refractivity contribution < 1.29 is 0 Å². The van der Waals surface area contributed by atoms with Crippen molar-refractivity contribution in [3.63, 3.8) is 0 Å². The molecule has 84 valence electrons. The molecule has 0 saturated carbocycles. The maximum Gasteiger partial charge on any atom is 0.132 e. The Morgan fingerprint density at radius 2 is 2.07 bits per heavy atom. The van der Waals surface area contributed by atoms with Crippen LogP contribution < -0.4 is 5.32 Å². The largest absolute Gasteiger partial charge is 0.381 e. The fourth-order valence-corrected chi connectivity index (χ4v) is 1.79. The Morgan fingerprint density at radius 3 is 2.60 bits per heavy atom. The van der Waals surface area contributed by atoms with Gasteiger partial charge in [-0.15, -0.1) is 0 Å². The van der Waals surface area contributed by atoms with Gasteiger partial charge in [0.25, 0.3) is 0 Å². The van der Waals surface area contributed by atoms with E-state index in [1.54, 1.807) is 6.20 Å². The molecule has 2 nitrogen and oxygen atoms in total. The lowest BCUT2D eigenvalue weighted by Crippen LogP contribution is -2.17. The van der Waals surface area contributed by atoms with Crippen molar-refractivity contribution in [2.24, 2.45) is 5.92 Å². The number of rotatable bonds is 4. The quantitative estimate of drug-likeness (QED) is 0.788. The second kappa shape index (κ2) is 5.36. The van der Waals surface area contributed by atoms with Gasteiger partial charge in [0, 0.05) is 6.04 Å². The predicted molar refractivity (Wildman–Crippen MR) is 66.5 cm³/mol. The molecule has 3 heteroatoms. The normalized spacial score (nSPS) is 12.9. The molecule has 0 saturated heterocycles. The molecular formula is C12H19ClN2. The van der Waals surface area contributed by atoms with E-state index in [1.807, 2.05) is 13.0 Å². The van der Waals surface area contributed by atoms with E-state index in [0.29, 0.717) is 17.1 Å². The molecule has 15 heavy (non-hydrogen) atoms. The molecule has 0 aliphatic carbocycles. The number of aromatic nitrogens is 1. The first-order chi connectivity index (χ1) is 6.99. The maximum atomic E-state index is 5.86. The third-order valence-corrected chi connectivity index (χ3v) is 2.65. The first-order valence-electron chi connectivity index (χ1n) is 5.37. The molecule has 0 fully saturated rings. The van der Waals surface area contributed by atoms with Crippen LogP contribution in [-0.4, -0.2) is 11.0 Å². The minimum atomic E-state index is 0.465. The van der Waals surface area contributed by atoms with Crippen molar-refractivity contribution in [2.75, 3.05) is 5.32 Å². The van der Waals surface area contributed by atoms with Gasteiger partial charge >= 0.3 is 0 Å². The van der Waals surface area contributed by atoms with Crippen molar-refractivity contribution in [1.29, 1.82) is 0 Å². The molecular weight excluding hydrogens is 208 g/mol. The third kappa shape index (κ3) is 4.08. The van der Waals surface area contributed by atoms with Gasteiger partial charge in [-0.05, 0) is 37.8 Å². The molecule has 1 N–H and O–H groups in total. The summed E-state index contributed by atoms with van der Waals surface area (Å²) in [4.78, 5) is 4.11. The van der Waals surface area contributed by atoms with E-state index in [0.717, 1.165) is 17.7 Å². The van der Waals surface area contributed by atoms with E-state index >= 15 is 0 Å². The van der Waals surface area contributed by atoms with E-state index < -0.39 is 0 Å². The lowest BCUT2D eigenvalue weighted by atomic mass is 10.1. The van der Waals surface area contributed by atoms with Crippen LogP contribution in [-0.2, 0) is 0 Å². The van der Waals surface area contributed by atoms with Gasteiger partial charge in [-0.2, -0.15) is 0 Å². The zero-order valence-electron chi connectivity index (χ0n) is 9.84. The molecule has 1 heterocycles. The van der Waals surface area contributed by atoms with Crippen LogP contribution in [0.25, 0.3) is 0 Å². The number of aryl methyl sites for hydroxylation is 1. The third-order valence-electron chi connectivity index (χ3n) is 2.25. The van der Waals surface area contributed by atoms with Crippen molar-refractivity contribution in [1.82, 2.24) is 4.98 Å². The summed E-state index contributed by atoms with van der Waals surface area (Å²) >= 11 is 5.86. The number of hydrogen-bond acceptors (Lipinski definition) is 2. The number of halogens is 1. The monoisotopic (exact) mass is 226 g/mol. The Kier molecular flexibility index (Phi) is 4.40. The summed E-state index contributed by atoms with van der Waals surface area (Å²) in [7, 11) is 0. The van der Waals surface area contributed by atoms with Gasteiger partial charge in [-0.25, -0.2) is 4.98 Å². The molecule has 0 amide bonds. The molecule has 0 spiro atoms. The SMILES string of the molecule is Cc1cc(NC(C)CC(C)C)cnc1Cl. The van der Waals surface area contributed by atoms with E-state index in [-0.39, 0.29) is 0 Å². The summed E-state index contributed by atoms with van der Waals surface area (Å²) in [6, 6.07) is 2.50. The second-order valence-corrected chi connectivity index (χ2v) is 4.86. The van der Waals surface area contributed by atoms with Crippen molar-refractivity contribution in [3.8, 4) is 0 Å². The number of hydrogen-bond donors (Lipinski definition) is 1. The predicted octanol–water partition coefficient (Wildman–Crippen LogP) is 3.89. The number of nitrogens with zero attached hydrogens (tertiary/aromatic N) is 1. The number of anilines is 1. The van der Waals surface area contributed by atoms with Gasteiger partial charge < -0.3 is 5.32 Å². The van der Waals surface area contributed by atoms with Crippen molar-refractivity contribution >= 4 is 17.3 Å². The summed E-state index contributed by atoms with van der Waals surface area (Å²) in [5.74, 6) is 0.703. The van der Waals surface area contributed by atoms with Crippen LogP contribution in [0.4, 0.5) is 5.69 Å². The van der Waals surface area contributed by atoms with Crippen LogP contribution in [0, 0.1) is 12.8 Å².